The molecule has 1 amide bonds. The van der Waals surface area contributed by atoms with Crippen molar-refractivity contribution in [2.24, 2.45) is 0 Å². The number of anilines is 1. The maximum absolute atomic E-state index is 12.0. The predicted octanol–water partition coefficient (Wildman–Crippen LogP) is 0.908. The van der Waals surface area contributed by atoms with Crippen LogP contribution >= 0.6 is 11.3 Å². The molecular weight excluding hydrogens is 280 g/mol. The third-order valence-corrected chi connectivity index (χ3v) is 3.47. The van der Waals surface area contributed by atoms with E-state index in [1.54, 1.807) is 6.92 Å². The van der Waals surface area contributed by atoms with Gasteiger partial charge in [-0.25, -0.2) is 9.67 Å². The number of nitrogens with one attached hydrogen (secondary N) is 1. The smallest absolute Gasteiger partial charge is 0.250 e. The minimum atomic E-state index is -0.451. The molecule has 1 atom stereocenters. The SMILES string of the molecule is CCOCCc1nnc(NC(=O)C(C)n2cncn2)s1. The molecule has 0 radical (unpaired) electrons. The van der Waals surface area contributed by atoms with E-state index in [1.165, 1.54) is 28.7 Å². The average molecular weight is 296 g/mol. The zero-order valence-electron chi connectivity index (χ0n) is 11.3. The fourth-order valence-electron chi connectivity index (χ4n) is 1.46. The molecule has 8 nitrogen and oxygen atoms in total. The molecule has 0 saturated heterocycles. The zero-order valence-corrected chi connectivity index (χ0v) is 12.1. The number of hydrogen-bond donors (Lipinski definition) is 1. The van der Waals surface area contributed by atoms with E-state index in [0.717, 1.165) is 5.01 Å². The lowest BCUT2D eigenvalue weighted by Gasteiger charge is -2.09. The molecule has 108 valence electrons. The Morgan fingerprint density at radius 1 is 1.55 bits per heavy atom. The minimum Gasteiger partial charge on any atom is -0.381 e. The van der Waals surface area contributed by atoms with Gasteiger partial charge >= 0.3 is 0 Å². The van der Waals surface area contributed by atoms with Crippen molar-refractivity contribution in [1.82, 2.24) is 25.0 Å². The Morgan fingerprint density at radius 3 is 3.10 bits per heavy atom. The second-order valence-corrected chi connectivity index (χ2v) is 5.05. The van der Waals surface area contributed by atoms with Gasteiger partial charge < -0.3 is 4.74 Å². The lowest BCUT2D eigenvalue weighted by atomic mass is 10.3. The van der Waals surface area contributed by atoms with E-state index in [-0.39, 0.29) is 5.91 Å². The number of ether oxygens (including phenoxy) is 1. The Hall–Kier alpha value is -1.87. The van der Waals surface area contributed by atoms with Crippen molar-refractivity contribution in [3.05, 3.63) is 17.7 Å². The molecule has 0 spiro atoms. The Morgan fingerprint density at radius 2 is 2.40 bits per heavy atom. The summed E-state index contributed by atoms with van der Waals surface area (Å²) in [6.07, 6.45) is 3.58. The van der Waals surface area contributed by atoms with E-state index in [2.05, 4.69) is 25.6 Å². The number of aromatic nitrogens is 5. The summed E-state index contributed by atoms with van der Waals surface area (Å²) in [6.45, 7) is 4.96. The second kappa shape index (κ2) is 7.06. The van der Waals surface area contributed by atoms with Gasteiger partial charge in [-0.15, -0.1) is 10.2 Å². The molecule has 2 heterocycles. The van der Waals surface area contributed by atoms with Crippen LogP contribution in [0.3, 0.4) is 0 Å². The van der Waals surface area contributed by atoms with Crippen molar-refractivity contribution in [2.75, 3.05) is 18.5 Å². The molecule has 0 aliphatic heterocycles. The number of hydrogen-bond acceptors (Lipinski definition) is 7. The minimum absolute atomic E-state index is 0.206. The van der Waals surface area contributed by atoms with E-state index in [9.17, 15) is 4.79 Å². The Labute approximate surface area is 120 Å². The van der Waals surface area contributed by atoms with E-state index in [4.69, 9.17) is 4.74 Å². The van der Waals surface area contributed by atoms with Gasteiger partial charge in [-0.2, -0.15) is 5.10 Å². The van der Waals surface area contributed by atoms with Crippen molar-refractivity contribution in [1.29, 1.82) is 0 Å². The highest BCUT2D eigenvalue weighted by Crippen LogP contribution is 2.17. The molecule has 0 saturated carbocycles. The largest absolute Gasteiger partial charge is 0.381 e. The van der Waals surface area contributed by atoms with Crippen LogP contribution in [0.1, 0.15) is 24.9 Å². The molecule has 0 aliphatic rings. The van der Waals surface area contributed by atoms with Crippen LogP contribution in [-0.2, 0) is 16.0 Å². The monoisotopic (exact) mass is 296 g/mol. The van der Waals surface area contributed by atoms with Gasteiger partial charge in [0.05, 0.1) is 6.61 Å². The van der Waals surface area contributed by atoms with Gasteiger partial charge in [0.2, 0.25) is 5.13 Å². The van der Waals surface area contributed by atoms with Gasteiger partial charge in [0.15, 0.2) is 0 Å². The number of carbonyl (C=O) groups excluding carboxylic acids is 1. The van der Waals surface area contributed by atoms with Crippen LogP contribution in [0, 0.1) is 0 Å². The highest BCUT2D eigenvalue weighted by molar-refractivity contribution is 7.15. The summed E-state index contributed by atoms with van der Waals surface area (Å²) >= 11 is 1.35. The van der Waals surface area contributed by atoms with Crippen LogP contribution in [0.25, 0.3) is 0 Å². The maximum Gasteiger partial charge on any atom is 0.250 e. The molecule has 0 fully saturated rings. The summed E-state index contributed by atoms with van der Waals surface area (Å²) in [5, 5.41) is 15.9. The van der Waals surface area contributed by atoms with Crippen molar-refractivity contribution < 1.29 is 9.53 Å². The Kier molecular flexibility index (Phi) is 5.13. The summed E-state index contributed by atoms with van der Waals surface area (Å²) in [7, 11) is 0. The van der Waals surface area contributed by atoms with Gasteiger partial charge in [-0.1, -0.05) is 11.3 Å². The van der Waals surface area contributed by atoms with E-state index < -0.39 is 6.04 Å². The topological polar surface area (TPSA) is 94.8 Å². The van der Waals surface area contributed by atoms with Crippen molar-refractivity contribution >= 4 is 22.4 Å². The maximum atomic E-state index is 12.0. The molecular formula is C11H16N6O2S. The normalized spacial score (nSPS) is 12.3. The van der Waals surface area contributed by atoms with Gasteiger partial charge in [0.1, 0.15) is 23.7 Å². The molecule has 20 heavy (non-hydrogen) atoms. The Balaban J connectivity index is 1.88. The highest BCUT2D eigenvalue weighted by atomic mass is 32.1. The van der Waals surface area contributed by atoms with Crippen LogP contribution < -0.4 is 5.32 Å². The van der Waals surface area contributed by atoms with Crippen molar-refractivity contribution in [3.8, 4) is 0 Å². The van der Waals surface area contributed by atoms with Gasteiger partial charge in [0, 0.05) is 13.0 Å². The van der Waals surface area contributed by atoms with Gasteiger partial charge in [0.25, 0.3) is 5.91 Å². The average Bonchev–Trinajstić information content (AvgIpc) is 3.09. The second-order valence-electron chi connectivity index (χ2n) is 3.99. The summed E-state index contributed by atoms with van der Waals surface area (Å²) in [5.41, 5.74) is 0. The third kappa shape index (κ3) is 3.81. The molecule has 1 N–H and O–H groups in total. The fourth-order valence-corrected chi connectivity index (χ4v) is 2.18. The van der Waals surface area contributed by atoms with E-state index in [0.29, 0.717) is 24.8 Å². The van der Waals surface area contributed by atoms with Crippen molar-refractivity contribution in [3.63, 3.8) is 0 Å². The van der Waals surface area contributed by atoms with Crippen LogP contribution in [0.5, 0.6) is 0 Å². The molecule has 2 aromatic heterocycles. The Bertz CT molecular complexity index is 541. The van der Waals surface area contributed by atoms with Crippen LogP contribution in [0.15, 0.2) is 12.7 Å². The first kappa shape index (κ1) is 14.5. The molecule has 2 rings (SSSR count). The van der Waals surface area contributed by atoms with Crippen LogP contribution in [0.2, 0.25) is 0 Å². The molecule has 0 aliphatic carbocycles. The van der Waals surface area contributed by atoms with E-state index >= 15 is 0 Å². The molecule has 0 aromatic carbocycles. The summed E-state index contributed by atoms with van der Waals surface area (Å²) in [4.78, 5) is 15.8. The number of rotatable bonds is 7. The predicted molar refractivity (Wildman–Crippen MR) is 73.5 cm³/mol. The lowest BCUT2D eigenvalue weighted by molar-refractivity contribution is -0.119. The van der Waals surface area contributed by atoms with Crippen LogP contribution in [0.4, 0.5) is 5.13 Å². The van der Waals surface area contributed by atoms with E-state index in [1.807, 2.05) is 6.92 Å². The van der Waals surface area contributed by atoms with Gasteiger partial charge in [-0.05, 0) is 13.8 Å². The first-order valence-corrected chi connectivity index (χ1v) is 7.07. The van der Waals surface area contributed by atoms with Gasteiger partial charge in [-0.3, -0.25) is 10.1 Å². The number of carbonyl (C=O) groups is 1. The summed E-state index contributed by atoms with van der Waals surface area (Å²) in [5.74, 6) is -0.206. The standard InChI is InChI=1S/C11H16N6O2S/c1-3-19-5-4-9-15-16-11(20-9)14-10(18)8(2)17-7-12-6-13-17/h6-8H,3-5H2,1-2H3,(H,14,16,18). The molecule has 2 aromatic rings. The molecule has 9 heteroatoms. The lowest BCUT2D eigenvalue weighted by Crippen LogP contribution is -2.23. The zero-order chi connectivity index (χ0) is 14.4. The summed E-state index contributed by atoms with van der Waals surface area (Å²) < 4.78 is 6.73. The molecule has 0 bridgehead atoms. The molecule has 1 unspecified atom stereocenters. The summed E-state index contributed by atoms with van der Waals surface area (Å²) in [6, 6.07) is -0.451. The number of amides is 1. The van der Waals surface area contributed by atoms with Crippen molar-refractivity contribution in [2.45, 2.75) is 26.3 Å². The van der Waals surface area contributed by atoms with Crippen LogP contribution in [-0.4, -0.2) is 44.1 Å². The number of nitrogens with zero attached hydrogens (tertiary/aromatic N) is 5. The first-order valence-electron chi connectivity index (χ1n) is 6.25. The first-order chi connectivity index (χ1) is 9.70. The highest BCUT2D eigenvalue weighted by Gasteiger charge is 2.17. The third-order valence-electron chi connectivity index (χ3n) is 2.57. The fraction of sp³-hybridized carbons (Fsp3) is 0.545. The quantitative estimate of drug-likeness (QED) is 0.763.